The van der Waals surface area contributed by atoms with Gasteiger partial charge in [-0.25, -0.2) is 0 Å². The maximum atomic E-state index is 10.3. The molecule has 0 bridgehead atoms. The van der Waals surface area contributed by atoms with Crippen LogP contribution < -0.4 is 5.32 Å². The third kappa shape index (κ3) is 1.70. The molecule has 1 unspecified atom stereocenters. The lowest BCUT2D eigenvalue weighted by molar-refractivity contribution is 0.0581. The van der Waals surface area contributed by atoms with Gasteiger partial charge >= 0.3 is 0 Å². The van der Waals surface area contributed by atoms with Crippen molar-refractivity contribution in [3.63, 3.8) is 0 Å². The summed E-state index contributed by atoms with van der Waals surface area (Å²) < 4.78 is 0.871. The van der Waals surface area contributed by atoms with Gasteiger partial charge in [0.2, 0.25) is 0 Å². The van der Waals surface area contributed by atoms with E-state index in [2.05, 4.69) is 21.2 Å². The molecule has 2 N–H and O–H groups in total. The van der Waals surface area contributed by atoms with E-state index in [-0.39, 0.29) is 0 Å². The Bertz CT molecular complexity index is 330. The van der Waals surface area contributed by atoms with E-state index in [0.717, 1.165) is 16.6 Å². The van der Waals surface area contributed by atoms with E-state index in [4.69, 9.17) is 11.6 Å². The number of rotatable bonds is 1. The standard InChI is InChI=1S/C10H11BrClNO/c11-7-2-1-3-8(12)9(7)10(14)4-5-13-6-10/h1-3,13-14H,4-6H2. The van der Waals surface area contributed by atoms with Crippen LogP contribution in [0.3, 0.4) is 0 Å². The molecular formula is C10H11BrClNO. The van der Waals surface area contributed by atoms with Gasteiger partial charge in [0, 0.05) is 21.6 Å². The Labute approximate surface area is 96.4 Å². The first kappa shape index (κ1) is 10.4. The molecule has 1 aromatic carbocycles. The van der Waals surface area contributed by atoms with Gasteiger partial charge in [0.1, 0.15) is 5.60 Å². The maximum absolute atomic E-state index is 10.3. The molecule has 1 saturated heterocycles. The number of β-amino-alcohol motifs (C(OH)–C–C–N with tert-alkyl or cyclic N) is 1. The van der Waals surface area contributed by atoms with Gasteiger partial charge in [-0.1, -0.05) is 33.6 Å². The quantitative estimate of drug-likeness (QED) is 0.825. The van der Waals surface area contributed by atoms with Gasteiger partial charge in [0.05, 0.1) is 0 Å². The summed E-state index contributed by atoms with van der Waals surface area (Å²) in [5, 5.41) is 14.1. The third-order valence-electron chi connectivity index (χ3n) is 2.56. The summed E-state index contributed by atoms with van der Waals surface area (Å²) in [5.41, 5.74) is -0.0244. The van der Waals surface area contributed by atoms with E-state index in [9.17, 15) is 5.11 Å². The first-order chi connectivity index (χ1) is 6.63. The van der Waals surface area contributed by atoms with Crippen molar-refractivity contribution in [3.8, 4) is 0 Å². The Kier molecular flexibility index (Phi) is 2.84. The van der Waals surface area contributed by atoms with Crippen molar-refractivity contribution in [1.29, 1.82) is 0 Å². The Morgan fingerprint density at radius 1 is 1.50 bits per heavy atom. The summed E-state index contributed by atoms with van der Waals surface area (Å²) >= 11 is 9.50. The molecule has 0 amide bonds. The van der Waals surface area contributed by atoms with Gasteiger partial charge in [-0.3, -0.25) is 0 Å². The number of hydrogen-bond acceptors (Lipinski definition) is 2. The van der Waals surface area contributed by atoms with Crippen molar-refractivity contribution in [3.05, 3.63) is 33.3 Å². The average molecular weight is 277 g/mol. The second-order valence-electron chi connectivity index (χ2n) is 3.56. The minimum Gasteiger partial charge on any atom is -0.384 e. The molecule has 0 saturated carbocycles. The zero-order valence-corrected chi connectivity index (χ0v) is 9.90. The fourth-order valence-electron chi connectivity index (χ4n) is 1.83. The lowest BCUT2D eigenvalue weighted by Crippen LogP contribution is -2.29. The van der Waals surface area contributed by atoms with Crippen molar-refractivity contribution in [2.45, 2.75) is 12.0 Å². The molecule has 14 heavy (non-hydrogen) atoms. The first-order valence-electron chi connectivity index (χ1n) is 4.51. The number of nitrogens with one attached hydrogen (secondary N) is 1. The van der Waals surface area contributed by atoms with Gasteiger partial charge in [-0.2, -0.15) is 0 Å². The van der Waals surface area contributed by atoms with Crippen LogP contribution >= 0.6 is 27.5 Å². The van der Waals surface area contributed by atoms with Crippen molar-refractivity contribution in [2.24, 2.45) is 0 Å². The Morgan fingerprint density at radius 3 is 2.86 bits per heavy atom. The van der Waals surface area contributed by atoms with Crippen LogP contribution in [0.4, 0.5) is 0 Å². The topological polar surface area (TPSA) is 32.3 Å². The predicted molar refractivity (Wildman–Crippen MR) is 60.5 cm³/mol. The first-order valence-corrected chi connectivity index (χ1v) is 5.68. The molecule has 1 aliphatic heterocycles. The van der Waals surface area contributed by atoms with Crippen LogP contribution in [0, 0.1) is 0 Å². The lowest BCUT2D eigenvalue weighted by Gasteiger charge is -2.24. The Morgan fingerprint density at radius 2 is 2.29 bits per heavy atom. The van der Waals surface area contributed by atoms with Gasteiger partial charge in [0.15, 0.2) is 0 Å². The van der Waals surface area contributed by atoms with Crippen LogP contribution in [0.25, 0.3) is 0 Å². The lowest BCUT2D eigenvalue weighted by atomic mass is 9.93. The van der Waals surface area contributed by atoms with Gasteiger partial charge < -0.3 is 10.4 Å². The summed E-state index contributed by atoms with van der Waals surface area (Å²) in [6.07, 6.45) is 0.704. The smallest absolute Gasteiger partial charge is 0.106 e. The highest BCUT2D eigenvalue weighted by molar-refractivity contribution is 9.10. The Balaban J connectivity index is 2.49. The molecule has 2 rings (SSSR count). The molecule has 2 nitrogen and oxygen atoms in total. The molecule has 0 spiro atoms. The van der Waals surface area contributed by atoms with E-state index in [0.29, 0.717) is 18.0 Å². The Hall–Kier alpha value is -0.0900. The van der Waals surface area contributed by atoms with Crippen LogP contribution in [0.2, 0.25) is 5.02 Å². The number of halogens is 2. The fourth-order valence-corrected chi connectivity index (χ4v) is 3.03. The normalized spacial score (nSPS) is 26.8. The molecular weight excluding hydrogens is 265 g/mol. The highest BCUT2D eigenvalue weighted by Crippen LogP contribution is 2.37. The second-order valence-corrected chi connectivity index (χ2v) is 4.82. The number of hydrogen-bond donors (Lipinski definition) is 2. The van der Waals surface area contributed by atoms with E-state index in [1.165, 1.54) is 0 Å². The fraction of sp³-hybridized carbons (Fsp3) is 0.400. The van der Waals surface area contributed by atoms with E-state index in [1.807, 2.05) is 12.1 Å². The molecule has 1 aromatic rings. The van der Waals surface area contributed by atoms with Crippen molar-refractivity contribution in [2.75, 3.05) is 13.1 Å². The molecule has 0 aliphatic carbocycles. The third-order valence-corrected chi connectivity index (χ3v) is 3.54. The van der Waals surface area contributed by atoms with E-state index < -0.39 is 5.60 Å². The van der Waals surface area contributed by atoms with Crippen LogP contribution in [0.15, 0.2) is 22.7 Å². The zero-order chi connectivity index (χ0) is 10.2. The van der Waals surface area contributed by atoms with Crippen molar-refractivity contribution in [1.82, 2.24) is 5.32 Å². The number of benzene rings is 1. The molecule has 1 heterocycles. The van der Waals surface area contributed by atoms with Crippen molar-refractivity contribution >= 4 is 27.5 Å². The summed E-state index contributed by atoms with van der Waals surface area (Å²) in [4.78, 5) is 0. The molecule has 4 heteroatoms. The van der Waals surface area contributed by atoms with Crippen LogP contribution in [-0.4, -0.2) is 18.2 Å². The van der Waals surface area contributed by atoms with Crippen LogP contribution in [0.1, 0.15) is 12.0 Å². The van der Waals surface area contributed by atoms with Crippen molar-refractivity contribution < 1.29 is 5.11 Å². The average Bonchev–Trinajstić information content (AvgIpc) is 2.52. The highest BCUT2D eigenvalue weighted by atomic mass is 79.9. The maximum Gasteiger partial charge on any atom is 0.106 e. The van der Waals surface area contributed by atoms with E-state index in [1.54, 1.807) is 6.07 Å². The number of aliphatic hydroxyl groups is 1. The minimum atomic E-state index is -0.822. The second kappa shape index (κ2) is 3.81. The molecule has 0 aromatic heterocycles. The van der Waals surface area contributed by atoms with Gasteiger partial charge in [-0.15, -0.1) is 0 Å². The largest absolute Gasteiger partial charge is 0.384 e. The summed E-state index contributed by atoms with van der Waals surface area (Å²) in [6.45, 7) is 1.39. The monoisotopic (exact) mass is 275 g/mol. The van der Waals surface area contributed by atoms with Crippen LogP contribution in [0.5, 0.6) is 0 Å². The van der Waals surface area contributed by atoms with Gasteiger partial charge in [-0.05, 0) is 25.1 Å². The molecule has 1 aliphatic rings. The van der Waals surface area contributed by atoms with E-state index >= 15 is 0 Å². The summed E-state index contributed by atoms with van der Waals surface area (Å²) in [5.74, 6) is 0. The van der Waals surface area contributed by atoms with Gasteiger partial charge in [0.25, 0.3) is 0 Å². The SMILES string of the molecule is OC1(c2c(Cl)cccc2Br)CCNC1. The molecule has 0 radical (unpaired) electrons. The predicted octanol–water partition coefficient (Wildman–Crippen LogP) is 2.28. The molecule has 76 valence electrons. The zero-order valence-electron chi connectivity index (χ0n) is 7.56. The summed E-state index contributed by atoms with van der Waals surface area (Å²) in [7, 11) is 0. The highest BCUT2D eigenvalue weighted by Gasteiger charge is 2.36. The molecule has 1 fully saturated rings. The molecule has 1 atom stereocenters. The minimum absolute atomic E-state index is 0.565. The summed E-state index contributed by atoms with van der Waals surface area (Å²) in [6, 6.07) is 5.57. The van der Waals surface area contributed by atoms with Crippen LogP contribution in [-0.2, 0) is 5.60 Å².